The summed E-state index contributed by atoms with van der Waals surface area (Å²) in [5.74, 6) is 0.0521. The first-order valence-electron chi connectivity index (χ1n) is 6.70. The lowest BCUT2D eigenvalue weighted by molar-refractivity contribution is 0.0563. The van der Waals surface area contributed by atoms with Crippen molar-refractivity contribution in [3.63, 3.8) is 0 Å². The predicted octanol–water partition coefficient (Wildman–Crippen LogP) is 2.13. The van der Waals surface area contributed by atoms with Crippen LogP contribution in [0.1, 0.15) is 23.7 Å². The summed E-state index contributed by atoms with van der Waals surface area (Å²) in [7, 11) is 0. The molecule has 0 radical (unpaired) electrons. The Morgan fingerprint density at radius 2 is 2.40 bits per heavy atom. The first-order valence-corrected chi connectivity index (χ1v) is 7.52. The van der Waals surface area contributed by atoms with E-state index in [-0.39, 0.29) is 12.0 Å². The second-order valence-corrected chi connectivity index (χ2v) is 6.08. The van der Waals surface area contributed by atoms with E-state index in [0.717, 1.165) is 29.8 Å². The molecule has 2 heterocycles. The van der Waals surface area contributed by atoms with E-state index < -0.39 is 0 Å². The molecule has 1 aromatic carbocycles. The van der Waals surface area contributed by atoms with Crippen molar-refractivity contribution >= 4 is 32.6 Å². The topological polar surface area (TPSA) is 68.5 Å². The second-order valence-electron chi connectivity index (χ2n) is 5.02. The number of nitrogens with two attached hydrogens (primary N) is 1. The number of anilines is 1. The highest BCUT2D eigenvalue weighted by molar-refractivity contribution is 7.22. The predicted molar refractivity (Wildman–Crippen MR) is 80.0 cm³/mol. The minimum atomic E-state index is 0.0521. The molecule has 2 N–H and O–H groups in total. The van der Waals surface area contributed by atoms with Gasteiger partial charge in [-0.25, -0.2) is 4.98 Å². The molecule has 1 atom stereocenters. The molecule has 1 saturated heterocycles. The Balaban J connectivity index is 1.87. The zero-order valence-corrected chi connectivity index (χ0v) is 12.2. The normalized spacial score (nSPS) is 20.1. The average Bonchev–Trinajstić information content (AvgIpc) is 2.65. The maximum atomic E-state index is 12.6. The van der Waals surface area contributed by atoms with Crippen LogP contribution >= 0.6 is 11.3 Å². The quantitative estimate of drug-likeness (QED) is 0.874. The third-order valence-electron chi connectivity index (χ3n) is 3.39. The fraction of sp³-hybridized carbons (Fsp3) is 0.429. The van der Waals surface area contributed by atoms with Crippen LogP contribution in [0, 0.1) is 0 Å². The van der Waals surface area contributed by atoms with Crippen molar-refractivity contribution in [2.75, 3.05) is 25.4 Å². The smallest absolute Gasteiger partial charge is 0.253 e. The largest absolute Gasteiger partial charge is 0.377 e. The van der Waals surface area contributed by atoms with Gasteiger partial charge in [0.2, 0.25) is 0 Å². The summed E-state index contributed by atoms with van der Waals surface area (Å²) < 4.78 is 6.53. The van der Waals surface area contributed by atoms with Gasteiger partial charge in [-0.15, -0.1) is 0 Å². The molecular weight excluding hydrogens is 274 g/mol. The molecule has 2 aromatic rings. The number of benzene rings is 1. The molecule has 0 bridgehead atoms. The molecule has 20 heavy (non-hydrogen) atoms. The third-order valence-corrected chi connectivity index (χ3v) is 4.24. The lowest BCUT2D eigenvalue weighted by Gasteiger charge is -2.22. The van der Waals surface area contributed by atoms with Crippen LogP contribution in [0.25, 0.3) is 10.2 Å². The van der Waals surface area contributed by atoms with Gasteiger partial charge in [-0.05, 0) is 31.5 Å². The molecular formula is C14H17N3O2S. The Kier molecular flexibility index (Phi) is 3.58. The summed E-state index contributed by atoms with van der Waals surface area (Å²) in [5.41, 5.74) is 7.23. The van der Waals surface area contributed by atoms with Gasteiger partial charge in [0.15, 0.2) is 5.13 Å². The van der Waals surface area contributed by atoms with Gasteiger partial charge in [0.25, 0.3) is 5.91 Å². The third kappa shape index (κ3) is 2.62. The SMILES string of the molecule is CC1CN(C(=O)c2ccc3nc(N)sc3c2)CCCO1. The van der Waals surface area contributed by atoms with Gasteiger partial charge < -0.3 is 15.4 Å². The fourth-order valence-corrected chi connectivity index (χ4v) is 3.21. The van der Waals surface area contributed by atoms with E-state index in [1.807, 2.05) is 30.0 Å². The first-order chi connectivity index (χ1) is 9.63. The van der Waals surface area contributed by atoms with Crippen LogP contribution in [-0.2, 0) is 4.74 Å². The highest BCUT2D eigenvalue weighted by Crippen LogP contribution is 2.25. The highest BCUT2D eigenvalue weighted by Gasteiger charge is 2.21. The standard InChI is InChI=1S/C14H17N3O2S/c1-9-8-17(5-2-6-19-9)13(18)10-3-4-11-12(7-10)20-14(15)16-11/h3-4,7,9H,2,5-6,8H2,1H3,(H2,15,16). The monoisotopic (exact) mass is 291 g/mol. The minimum Gasteiger partial charge on any atom is -0.377 e. The number of thiazole rings is 1. The van der Waals surface area contributed by atoms with E-state index >= 15 is 0 Å². The van der Waals surface area contributed by atoms with E-state index in [4.69, 9.17) is 10.5 Å². The van der Waals surface area contributed by atoms with Crippen LogP contribution in [0.2, 0.25) is 0 Å². The van der Waals surface area contributed by atoms with E-state index in [1.54, 1.807) is 0 Å². The molecule has 1 aromatic heterocycles. The number of ether oxygens (including phenoxy) is 1. The number of amides is 1. The Hall–Kier alpha value is -1.66. The minimum absolute atomic E-state index is 0.0521. The van der Waals surface area contributed by atoms with Crippen LogP contribution in [0.4, 0.5) is 5.13 Å². The molecule has 1 aliphatic rings. The zero-order valence-electron chi connectivity index (χ0n) is 11.3. The molecule has 1 unspecified atom stereocenters. The highest BCUT2D eigenvalue weighted by atomic mass is 32.1. The Morgan fingerprint density at radius 3 is 3.25 bits per heavy atom. The number of hydrogen-bond acceptors (Lipinski definition) is 5. The fourth-order valence-electron chi connectivity index (χ4n) is 2.44. The summed E-state index contributed by atoms with van der Waals surface area (Å²) in [4.78, 5) is 18.6. The molecule has 1 amide bonds. The van der Waals surface area contributed by atoms with Gasteiger partial charge >= 0.3 is 0 Å². The average molecular weight is 291 g/mol. The lowest BCUT2D eigenvalue weighted by atomic mass is 10.1. The summed E-state index contributed by atoms with van der Waals surface area (Å²) in [6, 6.07) is 5.55. The molecule has 1 fully saturated rings. The van der Waals surface area contributed by atoms with Crippen molar-refractivity contribution in [3.8, 4) is 0 Å². The maximum absolute atomic E-state index is 12.6. The van der Waals surface area contributed by atoms with Gasteiger partial charge in [0.05, 0.1) is 16.3 Å². The number of fused-ring (bicyclic) bond motifs is 1. The van der Waals surface area contributed by atoms with Gasteiger partial charge in [-0.2, -0.15) is 0 Å². The lowest BCUT2D eigenvalue weighted by Crippen LogP contribution is -2.35. The number of carbonyl (C=O) groups is 1. The van der Waals surface area contributed by atoms with E-state index in [1.165, 1.54) is 11.3 Å². The van der Waals surface area contributed by atoms with Crippen molar-refractivity contribution in [2.24, 2.45) is 0 Å². The van der Waals surface area contributed by atoms with Crippen LogP contribution in [0.5, 0.6) is 0 Å². The van der Waals surface area contributed by atoms with E-state index in [9.17, 15) is 4.79 Å². The van der Waals surface area contributed by atoms with Crippen LogP contribution in [0.15, 0.2) is 18.2 Å². The molecule has 0 spiro atoms. The number of nitrogen functional groups attached to an aromatic ring is 1. The number of hydrogen-bond donors (Lipinski definition) is 1. The van der Waals surface area contributed by atoms with Gasteiger partial charge in [-0.1, -0.05) is 11.3 Å². The molecule has 0 aliphatic carbocycles. The van der Waals surface area contributed by atoms with Gasteiger partial charge in [0.1, 0.15) is 0 Å². The zero-order chi connectivity index (χ0) is 14.1. The summed E-state index contributed by atoms with van der Waals surface area (Å²) in [6.07, 6.45) is 0.968. The second kappa shape index (κ2) is 5.38. The summed E-state index contributed by atoms with van der Waals surface area (Å²) in [6.45, 7) is 4.10. The molecule has 0 saturated carbocycles. The Labute approximate surface area is 121 Å². The van der Waals surface area contributed by atoms with Crippen LogP contribution < -0.4 is 5.73 Å². The van der Waals surface area contributed by atoms with Crippen LogP contribution in [-0.4, -0.2) is 41.6 Å². The number of rotatable bonds is 1. The van der Waals surface area contributed by atoms with Crippen molar-refractivity contribution in [2.45, 2.75) is 19.4 Å². The van der Waals surface area contributed by atoms with Gasteiger partial charge in [-0.3, -0.25) is 4.79 Å². The van der Waals surface area contributed by atoms with E-state index in [0.29, 0.717) is 17.2 Å². The maximum Gasteiger partial charge on any atom is 0.253 e. The van der Waals surface area contributed by atoms with Crippen molar-refractivity contribution in [3.05, 3.63) is 23.8 Å². The molecule has 5 nitrogen and oxygen atoms in total. The first kappa shape index (κ1) is 13.3. The molecule has 6 heteroatoms. The molecule has 106 valence electrons. The molecule has 1 aliphatic heterocycles. The number of aromatic nitrogens is 1. The Bertz CT molecular complexity index is 640. The summed E-state index contributed by atoms with van der Waals surface area (Å²) >= 11 is 1.41. The number of carbonyl (C=O) groups excluding carboxylic acids is 1. The van der Waals surface area contributed by atoms with Crippen molar-refractivity contribution in [1.82, 2.24) is 9.88 Å². The van der Waals surface area contributed by atoms with Crippen molar-refractivity contribution < 1.29 is 9.53 Å². The van der Waals surface area contributed by atoms with Gasteiger partial charge in [0, 0.05) is 25.3 Å². The summed E-state index contributed by atoms with van der Waals surface area (Å²) in [5, 5.41) is 0.529. The number of nitrogens with zero attached hydrogens (tertiary/aromatic N) is 2. The van der Waals surface area contributed by atoms with Crippen molar-refractivity contribution in [1.29, 1.82) is 0 Å². The van der Waals surface area contributed by atoms with E-state index in [2.05, 4.69) is 4.98 Å². The Morgan fingerprint density at radius 1 is 1.55 bits per heavy atom. The van der Waals surface area contributed by atoms with Crippen LogP contribution in [0.3, 0.4) is 0 Å². The molecule has 3 rings (SSSR count).